The Hall–Kier alpha value is -2.40. The lowest BCUT2D eigenvalue weighted by Gasteiger charge is -2.41. The molecule has 27 heavy (non-hydrogen) atoms. The van der Waals surface area contributed by atoms with Crippen LogP contribution in [-0.4, -0.2) is 41.2 Å². The van der Waals surface area contributed by atoms with Crippen LogP contribution in [0.4, 0.5) is 4.79 Å². The van der Waals surface area contributed by atoms with E-state index >= 15 is 0 Å². The van der Waals surface area contributed by atoms with Crippen LogP contribution in [0, 0.1) is 6.92 Å². The fraction of sp³-hybridized carbons (Fsp3) is 0.455. The zero-order valence-corrected chi connectivity index (χ0v) is 15.9. The molecular formula is C22H27N3O2. The zero-order chi connectivity index (χ0) is 18.7. The lowest BCUT2D eigenvalue weighted by Crippen LogP contribution is -2.55. The number of hydrogen-bond donors (Lipinski definition) is 1. The molecule has 1 spiro atoms. The molecule has 1 aliphatic carbocycles. The lowest BCUT2D eigenvalue weighted by molar-refractivity contribution is -0.0926. The Morgan fingerprint density at radius 3 is 2.48 bits per heavy atom. The van der Waals surface area contributed by atoms with Crippen LogP contribution < -0.4 is 5.32 Å². The molecule has 1 aliphatic heterocycles. The molecule has 0 radical (unpaired) electrons. The number of pyridine rings is 1. The van der Waals surface area contributed by atoms with Gasteiger partial charge in [-0.25, -0.2) is 4.79 Å². The van der Waals surface area contributed by atoms with Crippen molar-refractivity contribution >= 4 is 6.03 Å². The van der Waals surface area contributed by atoms with Crippen molar-refractivity contribution in [2.24, 2.45) is 0 Å². The summed E-state index contributed by atoms with van der Waals surface area (Å²) in [5.74, 6) is 0. The molecule has 0 bridgehead atoms. The molecule has 4 rings (SSSR count). The van der Waals surface area contributed by atoms with Gasteiger partial charge in [0.1, 0.15) is 0 Å². The van der Waals surface area contributed by atoms with Crippen LogP contribution in [-0.2, 0) is 4.74 Å². The van der Waals surface area contributed by atoms with Crippen molar-refractivity contribution in [3.05, 3.63) is 65.5 Å². The van der Waals surface area contributed by atoms with E-state index in [9.17, 15) is 4.79 Å². The van der Waals surface area contributed by atoms with Crippen LogP contribution >= 0.6 is 0 Å². The van der Waals surface area contributed by atoms with Crippen molar-refractivity contribution < 1.29 is 9.53 Å². The number of urea groups is 1. The smallest absolute Gasteiger partial charge is 0.318 e. The summed E-state index contributed by atoms with van der Waals surface area (Å²) in [5.41, 5.74) is 3.19. The standard InChI is InChI=1S/C22H27N3O2/c1-17-4-6-18(7-5-17)20(19-8-12-23-13-9-19)24-21(26)25-14-15-27-22(16-25)10-2-3-11-22/h4-9,12-13,20H,2-3,10-11,14-16H2,1H3,(H,24,26)/t20-/m1/s1. The van der Waals surface area contributed by atoms with Crippen molar-refractivity contribution in [1.29, 1.82) is 0 Å². The van der Waals surface area contributed by atoms with E-state index in [1.807, 2.05) is 17.0 Å². The highest BCUT2D eigenvalue weighted by atomic mass is 16.5. The molecule has 2 aliphatic rings. The minimum Gasteiger partial charge on any atom is -0.371 e. The van der Waals surface area contributed by atoms with Crippen LogP contribution in [0.3, 0.4) is 0 Å². The molecule has 1 N–H and O–H groups in total. The van der Waals surface area contributed by atoms with Crippen LogP contribution in [0.1, 0.15) is 48.4 Å². The van der Waals surface area contributed by atoms with Gasteiger partial charge in [0, 0.05) is 18.9 Å². The van der Waals surface area contributed by atoms with Gasteiger partial charge in [0.15, 0.2) is 0 Å². The molecule has 1 saturated heterocycles. The van der Waals surface area contributed by atoms with Gasteiger partial charge in [0.2, 0.25) is 0 Å². The number of carbonyl (C=O) groups is 1. The van der Waals surface area contributed by atoms with Crippen molar-refractivity contribution in [1.82, 2.24) is 15.2 Å². The largest absolute Gasteiger partial charge is 0.371 e. The maximum Gasteiger partial charge on any atom is 0.318 e. The Balaban J connectivity index is 1.54. The lowest BCUT2D eigenvalue weighted by atomic mass is 9.98. The highest BCUT2D eigenvalue weighted by molar-refractivity contribution is 5.75. The van der Waals surface area contributed by atoms with Gasteiger partial charge in [-0.1, -0.05) is 42.7 Å². The topological polar surface area (TPSA) is 54.5 Å². The molecule has 1 aromatic carbocycles. The first-order chi connectivity index (χ1) is 13.2. The molecule has 5 nitrogen and oxygen atoms in total. The number of hydrogen-bond acceptors (Lipinski definition) is 3. The van der Waals surface area contributed by atoms with Gasteiger partial charge in [0.05, 0.1) is 24.8 Å². The number of amides is 2. The Morgan fingerprint density at radius 2 is 1.78 bits per heavy atom. The summed E-state index contributed by atoms with van der Waals surface area (Å²) in [6.07, 6.45) is 8.04. The van der Waals surface area contributed by atoms with Gasteiger partial charge < -0.3 is 15.0 Å². The van der Waals surface area contributed by atoms with Gasteiger partial charge in [-0.3, -0.25) is 4.98 Å². The fourth-order valence-electron chi connectivity index (χ4n) is 4.23. The van der Waals surface area contributed by atoms with Gasteiger partial charge >= 0.3 is 6.03 Å². The molecule has 142 valence electrons. The molecule has 2 heterocycles. The van der Waals surface area contributed by atoms with Crippen LogP contribution in [0.25, 0.3) is 0 Å². The van der Waals surface area contributed by atoms with Crippen molar-refractivity contribution in [2.45, 2.75) is 44.2 Å². The quantitative estimate of drug-likeness (QED) is 0.899. The molecule has 2 amide bonds. The predicted molar refractivity (Wildman–Crippen MR) is 105 cm³/mol. The average molecular weight is 365 g/mol. The SMILES string of the molecule is Cc1ccc([C@@H](NC(=O)N2CCOC3(CCCC3)C2)c2ccncc2)cc1. The highest BCUT2D eigenvalue weighted by Gasteiger charge is 2.40. The third-order valence-electron chi connectivity index (χ3n) is 5.77. The molecule has 1 aromatic heterocycles. The van der Waals surface area contributed by atoms with E-state index in [1.165, 1.54) is 18.4 Å². The number of nitrogens with one attached hydrogen (secondary N) is 1. The summed E-state index contributed by atoms with van der Waals surface area (Å²) in [4.78, 5) is 19.1. The second-order valence-corrected chi connectivity index (χ2v) is 7.73. The molecule has 2 aromatic rings. The number of morpholine rings is 1. The normalized spacial score (nSPS) is 19.8. The minimum absolute atomic E-state index is 0.0213. The third-order valence-corrected chi connectivity index (χ3v) is 5.77. The van der Waals surface area contributed by atoms with Crippen molar-refractivity contribution in [2.75, 3.05) is 19.7 Å². The predicted octanol–water partition coefficient (Wildman–Crippen LogP) is 3.83. The van der Waals surface area contributed by atoms with E-state index < -0.39 is 0 Å². The Labute approximate surface area is 160 Å². The third kappa shape index (κ3) is 3.98. The Morgan fingerprint density at radius 1 is 1.11 bits per heavy atom. The first-order valence-corrected chi connectivity index (χ1v) is 9.81. The number of aryl methyl sites for hydroxylation is 1. The number of benzene rings is 1. The summed E-state index contributed by atoms with van der Waals surface area (Å²) in [6, 6.07) is 12.0. The van der Waals surface area contributed by atoms with Gasteiger partial charge in [-0.15, -0.1) is 0 Å². The van der Waals surface area contributed by atoms with Crippen molar-refractivity contribution in [3.63, 3.8) is 0 Å². The second kappa shape index (κ2) is 7.69. The molecule has 5 heteroatoms. The molecular weight excluding hydrogens is 338 g/mol. The van der Waals surface area contributed by atoms with Gasteiger partial charge in [-0.05, 0) is 43.0 Å². The van der Waals surface area contributed by atoms with Crippen LogP contribution in [0.5, 0.6) is 0 Å². The van der Waals surface area contributed by atoms with E-state index in [-0.39, 0.29) is 17.7 Å². The van der Waals surface area contributed by atoms with Crippen molar-refractivity contribution in [3.8, 4) is 0 Å². The molecule has 0 unspecified atom stereocenters. The molecule has 1 saturated carbocycles. The van der Waals surface area contributed by atoms with Crippen LogP contribution in [0.2, 0.25) is 0 Å². The first kappa shape index (κ1) is 18.0. The maximum absolute atomic E-state index is 13.1. The Bertz CT molecular complexity index is 770. The summed E-state index contributed by atoms with van der Waals surface area (Å²) in [7, 11) is 0. The summed E-state index contributed by atoms with van der Waals surface area (Å²) in [6.45, 7) is 4.02. The summed E-state index contributed by atoms with van der Waals surface area (Å²) < 4.78 is 6.06. The van der Waals surface area contributed by atoms with E-state index in [1.54, 1.807) is 12.4 Å². The monoisotopic (exact) mass is 365 g/mol. The maximum atomic E-state index is 13.1. The first-order valence-electron chi connectivity index (χ1n) is 9.81. The zero-order valence-electron chi connectivity index (χ0n) is 15.9. The minimum atomic E-state index is -0.191. The highest BCUT2D eigenvalue weighted by Crippen LogP contribution is 2.36. The average Bonchev–Trinajstić information content (AvgIpc) is 3.15. The number of aromatic nitrogens is 1. The van der Waals surface area contributed by atoms with Gasteiger partial charge in [0.25, 0.3) is 0 Å². The van der Waals surface area contributed by atoms with E-state index in [0.29, 0.717) is 19.7 Å². The number of nitrogens with zero attached hydrogens (tertiary/aromatic N) is 2. The van der Waals surface area contributed by atoms with E-state index in [0.717, 1.165) is 24.0 Å². The van der Waals surface area contributed by atoms with E-state index in [4.69, 9.17) is 4.74 Å². The molecule has 1 atom stereocenters. The summed E-state index contributed by atoms with van der Waals surface area (Å²) >= 11 is 0. The number of ether oxygens (including phenoxy) is 1. The number of rotatable bonds is 3. The van der Waals surface area contributed by atoms with E-state index in [2.05, 4.69) is 41.5 Å². The van der Waals surface area contributed by atoms with Crippen LogP contribution in [0.15, 0.2) is 48.8 Å². The Kier molecular flexibility index (Phi) is 5.12. The number of carbonyl (C=O) groups excluding carboxylic acids is 1. The van der Waals surface area contributed by atoms with Gasteiger partial charge in [-0.2, -0.15) is 0 Å². The summed E-state index contributed by atoms with van der Waals surface area (Å²) in [5, 5.41) is 3.25. The second-order valence-electron chi connectivity index (χ2n) is 7.73. The molecule has 2 fully saturated rings. The fourth-order valence-corrected chi connectivity index (χ4v) is 4.23.